The van der Waals surface area contributed by atoms with Gasteiger partial charge in [-0.25, -0.2) is 0 Å². The summed E-state index contributed by atoms with van der Waals surface area (Å²) < 4.78 is 6.62. The van der Waals surface area contributed by atoms with Gasteiger partial charge in [0.15, 0.2) is 0 Å². The summed E-state index contributed by atoms with van der Waals surface area (Å²) in [5.41, 5.74) is 12.4. The monoisotopic (exact) mass is 278 g/mol. The van der Waals surface area contributed by atoms with Crippen molar-refractivity contribution in [3.05, 3.63) is 46.9 Å². The van der Waals surface area contributed by atoms with E-state index >= 15 is 0 Å². The third kappa shape index (κ3) is 2.46. The maximum Gasteiger partial charge on any atom is 0.129 e. The Labute approximate surface area is 102 Å². The zero-order chi connectivity index (χ0) is 11.5. The lowest BCUT2D eigenvalue weighted by Gasteiger charge is -2.07. The van der Waals surface area contributed by atoms with E-state index in [0.29, 0.717) is 17.1 Å². The maximum absolute atomic E-state index is 5.69. The predicted octanol–water partition coefficient (Wildman–Crippen LogP) is 3.41. The molecule has 3 nitrogen and oxygen atoms in total. The average molecular weight is 279 g/mol. The Bertz CT molecular complexity index is 497. The summed E-state index contributed by atoms with van der Waals surface area (Å²) in [5, 5.41) is 0. The molecule has 0 aliphatic heterocycles. The number of hydrogen-bond donors (Lipinski definition) is 2. The van der Waals surface area contributed by atoms with Gasteiger partial charge < -0.3 is 16.2 Å². The Balaban J connectivity index is 2.20. The van der Waals surface area contributed by atoms with Crippen LogP contribution < -0.4 is 16.2 Å². The Morgan fingerprint density at radius 3 is 2.06 bits per heavy atom. The van der Waals surface area contributed by atoms with Crippen LogP contribution in [0, 0.1) is 0 Å². The van der Waals surface area contributed by atoms with Crippen molar-refractivity contribution in [3.8, 4) is 11.5 Å². The first-order chi connectivity index (χ1) is 7.65. The Hall–Kier alpha value is -1.68. The van der Waals surface area contributed by atoms with Crippen LogP contribution in [0.25, 0.3) is 0 Å². The molecule has 0 unspecified atom stereocenters. The molecule has 4 heteroatoms. The molecular formula is C12H11BrN2O. The van der Waals surface area contributed by atoms with Crippen LogP contribution in [0.3, 0.4) is 0 Å². The molecule has 2 aromatic carbocycles. The summed E-state index contributed by atoms with van der Waals surface area (Å²) in [5.74, 6) is 1.43. The first-order valence-corrected chi connectivity index (χ1v) is 5.53. The molecule has 0 spiro atoms. The molecule has 16 heavy (non-hydrogen) atoms. The number of benzene rings is 2. The first kappa shape index (κ1) is 10.8. The molecule has 0 fully saturated rings. The molecule has 0 saturated carbocycles. The molecule has 0 aliphatic rings. The normalized spacial score (nSPS) is 10.1. The molecular weight excluding hydrogens is 268 g/mol. The van der Waals surface area contributed by atoms with Crippen LogP contribution in [-0.2, 0) is 0 Å². The Morgan fingerprint density at radius 1 is 0.812 bits per heavy atom. The molecule has 82 valence electrons. The number of nitrogens with two attached hydrogens (primary N) is 2. The van der Waals surface area contributed by atoms with Crippen molar-refractivity contribution in [2.24, 2.45) is 0 Å². The molecule has 0 atom stereocenters. The summed E-state index contributed by atoms with van der Waals surface area (Å²) in [4.78, 5) is 0. The van der Waals surface area contributed by atoms with Crippen LogP contribution in [0.5, 0.6) is 11.5 Å². The van der Waals surface area contributed by atoms with Gasteiger partial charge in [0.2, 0.25) is 0 Å². The minimum absolute atomic E-state index is 0.523. The fourth-order valence-corrected chi connectivity index (χ4v) is 1.52. The van der Waals surface area contributed by atoms with Gasteiger partial charge in [0, 0.05) is 10.5 Å². The molecule has 2 aromatic rings. The number of hydrogen-bond acceptors (Lipinski definition) is 3. The minimum Gasteiger partial charge on any atom is -0.457 e. The van der Waals surface area contributed by atoms with Gasteiger partial charge in [0.05, 0.1) is 11.4 Å². The van der Waals surface area contributed by atoms with Crippen molar-refractivity contribution in [2.45, 2.75) is 0 Å². The molecule has 0 aliphatic carbocycles. The van der Waals surface area contributed by atoms with Gasteiger partial charge in [0.1, 0.15) is 11.5 Å². The largest absolute Gasteiger partial charge is 0.457 e. The zero-order valence-corrected chi connectivity index (χ0v) is 10.1. The van der Waals surface area contributed by atoms with Crippen LogP contribution in [-0.4, -0.2) is 0 Å². The van der Waals surface area contributed by atoms with Crippen molar-refractivity contribution in [1.29, 1.82) is 0 Å². The lowest BCUT2D eigenvalue weighted by Crippen LogP contribution is -1.94. The third-order valence-corrected chi connectivity index (χ3v) is 2.64. The van der Waals surface area contributed by atoms with Crippen molar-refractivity contribution >= 4 is 27.3 Å². The van der Waals surface area contributed by atoms with E-state index in [0.717, 1.165) is 10.2 Å². The SMILES string of the molecule is Nc1ccc(Oc2ccc(Br)cc2)cc1N. The highest BCUT2D eigenvalue weighted by molar-refractivity contribution is 9.10. The number of ether oxygens (including phenoxy) is 1. The first-order valence-electron chi connectivity index (χ1n) is 4.73. The van der Waals surface area contributed by atoms with Crippen molar-refractivity contribution in [1.82, 2.24) is 0 Å². The standard InChI is InChI=1S/C12H11BrN2O/c13-8-1-3-9(4-2-8)16-10-5-6-11(14)12(15)7-10/h1-7H,14-15H2. The molecule has 0 bridgehead atoms. The van der Waals surface area contributed by atoms with Crippen molar-refractivity contribution in [3.63, 3.8) is 0 Å². The van der Waals surface area contributed by atoms with E-state index in [2.05, 4.69) is 15.9 Å². The topological polar surface area (TPSA) is 61.3 Å². The summed E-state index contributed by atoms with van der Waals surface area (Å²) in [7, 11) is 0. The Kier molecular flexibility index (Phi) is 3.01. The van der Waals surface area contributed by atoms with Crippen LogP contribution in [0.2, 0.25) is 0 Å². The number of rotatable bonds is 2. The van der Waals surface area contributed by atoms with E-state index in [1.54, 1.807) is 18.2 Å². The third-order valence-electron chi connectivity index (χ3n) is 2.11. The van der Waals surface area contributed by atoms with Gasteiger partial charge in [-0.1, -0.05) is 15.9 Å². The fourth-order valence-electron chi connectivity index (χ4n) is 1.26. The predicted molar refractivity (Wildman–Crippen MR) is 69.5 cm³/mol. The minimum atomic E-state index is 0.523. The van der Waals surface area contributed by atoms with E-state index in [1.165, 1.54) is 0 Å². The van der Waals surface area contributed by atoms with E-state index in [1.807, 2.05) is 24.3 Å². The van der Waals surface area contributed by atoms with Crippen molar-refractivity contribution in [2.75, 3.05) is 11.5 Å². The molecule has 0 heterocycles. The lowest BCUT2D eigenvalue weighted by atomic mass is 10.2. The second-order valence-corrected chi connectivity index (χ2v) is 4.26. The van der Waals surface area contributed by atoms with Gasteiger partial charge in [0.25, 0.3) is 0 Å². The Morgan fingerprint density at radius 2 is 1.44 bits per heavy atom. The van der Waals surface area contributed by atoms with Crippen molar-refractivity contribution < 1.29 is 4.74 Å². The van der Waals surface area contributed by atoms with Gasteiger partial charge in [-0.2, -0.15) is 0 Å². The number of nitrogen functional groups attached to an aromatic ring is 2. The highest BCUT2D eigenvalue weighted by Gasteiger charge is 2.00. The van der Waals surface area contributed by atoms with Crippen LogP contribution in [0.15, 0.2) is 46.9 Å². The lowest BCUT2D eigenvalue weighted by molar-refractivity contribution is 0.483. The van der Waals surface area contributed by atoms with Crippen LogP contribution in [0.1, 0.15) is 0 Å². The molecule has 0 amide bonds. The van der Waals surface area contributed by atoms with Crippen LogP contribution >= 0.6 is 15.9 Å². The van der Waals surface area contributed by atoms with Gasteiger partial charge in [-0.05, 0) is 36.4 Å². The number of anilines is 2. The van der Waals surface area contributed by atoms with E-state index in [-0.39, 0.29) is 0 Å². The summed E-state index contributed by atoms with van der Waals surface area (Å²) in [6.07, 6.45) is 0. The summed E-state index contributed by atoms with van der Waals surface area (Å²) in [6, 6.07) is 12.8. The highest BCUT2D eigenvalue weighted by Crippen LogP contribution is 2.27. The maximum atomic E-state index is 5.69. The van der Waals surface area contributed by atoms with Crippen LogP contribution in [0.4, 0.5) is 11.4 Å². The molecule has 0 aromatic heterocycles. The summed E-state index contributed by atoms with van der Waals surface area (Å²) >= 11 is 3.36. The quantitative estimate of drug-likeness (QED) is 0.828. The molecule has 2 rings (SSSR count). The molecule has 4 N–H and O–H groups in total. The van der Waals surface area contributed by atoms with E-state index < -0.39 is 0 Å². The van der Waals surface area contributed by atoms with Gasteiger partial charge >= 0.3 is 0 Å². The second-order valence-electron chi connectivity index (χ2n) is 3.35. The van der Waals surface area contributed by atoms with Gasteiger partial charge in [-0.15, -0.1) is 0 Å². The average Bonchev–Trinajstić information content (AvgIpc) is 2.27. The van der Waals surface area contributed by atoms with E-state index in [4.69, 9.17) is 16.2 Å². The van der Waals surface area contributed by atoms with E-state index in [9.17, 15) is 0 Å². The second kappa shape index (κ2) is 4.45. The highest BCUT2D eigenvalue weighted by atomic mass is 79.9. The molecule has 0 saturated heterocycles. The fraction of sp³-hybridized carbons (Fsp3) is 0. The molecule has 0 radical (unpaired) electrons. The summed E-state index contributed by atoms with van der Waals surface area (Å²) in [6.45, 7) is 0. The zero-order valence-electron chi connectivity index (χ0n) is 8.48. The number of halogens is 1. The smallest absolute Gasteiger partial charge is 0.129 e. The van der Waals surface area contributed by atoms with Gasteiger partial charge in [-0.3, -0.25) is 0 Å².